The van der Waals surface area contributed by atoms with Crippen LogP contribution in [0.4, 0.5) is 5.82 Å². The fourth-order valence-corrected chi connectivity index (χ4v) is 3.47. The summed E-state index contributed by atoms with van der Waals surface area (Å²) in [6, 6.07) is 4.06. The third-order valence-corrected chi connectivity index (χ3v) is 4.71. The molecule has 0 bridgehead atoms. The molecule has 3 rings (SSSR count). The minimum absolute atomic E-state index is 0.130. The summed E-state index contributed by atoms with van der Waals surface area (Å²) in [6.07, 6.45) is 4.39. The topological polar surface area (TPSA) is 62.2 Å². The average molecular weight is 347 g/mol. The first kappa shape index (κ1) is 17.9. The van der Waals surface area contributed by atoms with Crippen LogP contribution in [-0.2, 0) is 16.0 Å². The summed E-state index contributed by atoms with van der Waals surface area (Å²) >= 11 is 0. The number of nitrogens with zero attached hydrogens (tertiary/aromatic N) is 4. The SMILES string of the molecule is CN=C(NCc1cccnc1N(C)C)N1CCOC(C2CCCO2)C1. The maximum Gasteiger partial charge on any atom is 0.194 e. The fraction of sp³-hybridized carbons (Fsp3) is 0.667. The number of anilines is 1. The Morgan fingerprint density at radius 3 is 2.92 bits per heavy atom. The van der Waals surface area contributed by atoms with Gasteiger partial charge in [-0.25, -0.2) is 4.98 Å². The van der Waals surface area contributed by atoms with Crippen LogP contribution in [0.2, 0.25) is 0 Å². The van der Waals surface area contributed by atoms with Crippen LogP contribution in [0.15, 0.2) is 23.3 Å². The lowest BCUT2D eigenvalue weighted by Gasteiger charge is -2.37. The lowest BCUT2D eigenvalue weighted by Crippen LogP contribution is -2.53. The van der Waals surface area contributed by atoms with Gasteiger partial charge in [0.2, 0.25) is 0 Å². The zero-order valence-electron chi connectivity index (χ0n) is 15.4. The summed E-state index contributed by atoms with van der Waals surface area (Å²) in [5.74, 6) is 1.88. The van der Waals surface area contributed by atoms with E-state index >= 15 is 0 Å². The largest absolute Gasteiger partial charge is 0.375 e. The molecule has 1 N–H and O–H groups in total. The van der Waals surface area contributed by atoms with Crippen LogP contribution in [0.3, 0.4) is 0 Å². The number of hydrogen-bond donors (Lipinski definition) is 1. The Bertz CT molecular complexity index is 587. The van der Waals surface area contributed by atoms with E-state index in [0.29, 0.717) is 13.2 Å². The molecule has 3 heterocycles. The van der Waals surface area contributed by atoms with E-state index in [1.165, 1.54) is 0 Å². The molecule has 7 heteroatoms. The molecule has 2 fully saturated rings. The minimum Gasteiger partial charge on any atom is -0.375 e. The highest BCUT2D eigenvalue weighted by Gasteiger charge is 2.32. The molecule has 1 aromatic heterocycles. The van der Waals surface area contributed by atoms with Gasteiger partial charge in [0.15, 0.2) is 5.96 Å². The smallest absolute Gasteiger partial charge is 0.194 e. The molecule has 2 saturated heterocycles. The Morgan fingerprint density at radius 1 is 1.36 bits per heavy atom. The lowest BCUT2D eigenvalue weighted by molar-refractivity contribution is -0.0817. The number of ether oxygens (including phenoxy) is 2. The van der Waals surface area contributed by atoms with E-state index in [4.69, 9.17) is 9.47 Å². The second-order valence-corrected chi connectivity index (χ2v) is 6.69. The Labute approximate surface area is 150 Å². The fourth-order valence-electron chi connectivity index (χ4n) is 3.47. The molecule has 7 nitrogen and oxygen atoms in total. The highest BCUT2D eigenvalue weighted by molar-refractivity contribution is 5.80. The molecule has 0 aromatic carbocycles. The van der Waals surface area contributed by atoms with Crippen molar-refractivity contribution in [3.8, 4) is 0 Å². The number of nitrogens with one attached hydrogen (secondary N) is 1. The van der Waals surface area contributed by atoms with Gasteiger partial charge in [-0.05, 0) is 18.9 Å². The van der Waals surface area contributed by atoms with Gasteiger partial charge >= 0.3 is 0 Å². The third-order valence-electron chi connectivity index (χ3n) is 4.71. The zero-order valence-corrected chi connectivity index (χ0v) is 15.4. The van der Waals surface area contributed by atoms with Crippen molar-refractivity contribution in [1.82, 2.24) is 15.2 Å². The van der Waals surface area contributed by atoms with Crippen molar-refractivity contribution < 1.29 is 9.47 Å². The van der Waals surface area contributed by atoms with E-state index < -0.39 is 0 Å². The molecule has 2 aliphatic rings. The van der Waals surface area contributed by atoms with Crippen molar-refractivity contribution >= 4 is 11.8 Å². The monoisotopic (exact) mass is 347 g/mol. The van der Waals surface area contributed by atoms with Gasteiger partial charge < -0.3 is 24.6 Å². The van der Waals surface area contributed by atoms with Gasteiger partial charge in [-0.1, -0.05) is 6.07 Å². The van der Waals surface area contributed by atoms with Gasteiger partial charge in [0.1, 0.15) is 11.9 Å². The Morgan fingerprint density at radius 2 is 2.20 bits per heavy atom. The van der Waals surface area contributed by atoms with E-state index in [-0.39, 0.29) is 12.2 Å². The van der Waals surface area contributed by atoms with Crippen molar-refractivity contribution in [2.24, 2.45) is 4.99 Å². The summed E-state index contributed by atoms with van der Waals surface area (Å²) < 4.78 is 11.7. The maximum absolute atomic E-state index is 5.93. The first-order valence-corrected chi connectivity index (χ1v) is 8.99. The molecule has 25 heavy (non-hydrogen) atoms. The standard InChI is InChI=1S/C18H29N5O2/c1-19-18(21-12-14-6-4-8-20-17(14)22(2)3)23-9-11-25-16(13-23)15-7-5-10-24-15/h4,6,8,15-16H,5,7,9-13H2,1-3H3,(H,19,21). The highest BCUT2D eigenvalue weighted by atomic mass is 16.5. The first-order chi connectivity index (χ1) is 12.2. The van der Waals surface area contributed by atoms with Crippen LogP contribution in [0.5, 0.6) is 0 Å². The van der Waals surface area contributed by atoms with Crippen LogP contribution in [-0.4, -0.2) is 75.5 Å². The molecule has 138 valence electrons. The lowest BCUT2D eigenvalue weighted by atomic mass is 10.1. The van der Waals surface area contributed by atoms with Crippen molar-refractivity contribution in [2.75, 3.05) is 52.3 Å². The Hall–Kier alpha value is -1.86. The normalized spacial score (nSPS) is 24.4. The van der Waals surface area contributed by atoms with E-state index in [1.54, 1.807) is 0 Å². The van der Waals surface area contributed by atoms with Crippen LogP contribution < -0.4 is 10.2 Å². The second kappa shape index (κ2) is 8.49. The number of morpholine rings is 1. The number of aromatic nitrogens is 1. The van der Waals surface area contributed by atoms with Crippen molar-refractivity contribution in [1.29, 1.82) is 0 Å². The average Bonchev–Trinajstić information content (AvgIpc) is 3.17. The van der Waals surface area contributed by atoms with E-state index in [2.05, 4.69) is 26.3 Å². The first-order valence-electron chi connectivity index (χ1n) is 8.99. The van der Waals surface area contributed by atoms with E-state index in [1.807, 2.05) is 38.3 Å². The molecule has 0 amide bonds. The number of hydrogen-bond acceptors (Lipinski definition) is 5. The molecule has 0 radical (unpaired) electrons. The zero-order chi connectivity index (χ0) is 17.6. The van der Waals surface area contributed by atoms with Gasteiger partial charge in [-0.2, -0.15) is 0 Å². The Balaban J connectivity index is 1.61. The van der Waals surface area contributed by atoms with Gasteiger partial charge in [-0.15, -0.1) is 0 Å². The minimum atomic E-state index is 0.130. The number of rotatable bonds is 4. The summed E-state index contributed by atoms with van der Waals surface area (Å²) in [6.45, 7) is 3.91. The molecule has 2 unspecified atom stereocenters. The summed E-state index contributed by atoms with van der Waals surface area (Å²) in [5, 5.41) is 3.47. The van der Waals surface area contributed by atoms with E-state index in [0.717, 1.165) is 49.9 Å². The van der Waals surface area contributed by atoms with E-state index in [9.17, 15) is 0 Å². The number of aliphatic imine (C=N–C) groups is 1. The van der Waals surface area contributed by atoms with Crippen LogP contribution in [0, 0.1) is 0 Å². The van der Waals surface area contributed by atoms with Gasteiger partial charge in [-0.3, -0.25) is 4.99 Å². The molecule has 0 spiro atoms. The Kier molecular flexibility index (Phi) is 6.09. The predicted molar refractivity (Wildman–Crippen MR) is 99.0 cm³/mol. The van der Waals surface area contributed by atoms with Crippen molar-refractivity contribution in [3.63, 3.8) is 0 Å². The quantitative estimate of drug-likeness (QED) is 0.650. The van der Waals surface area contributed by atoms with Crippen LogP contribution >= 0.6 is 0 Å². The molecule has 1 aromatic rings. The number of pyridine rings is 1. The van der Waals surface area contributed by atoms with Crippen molar-refractivity contribution in [2.45, 2.75) is 31.6 Å². The third kappa shape index (κ3) is 4.41. The van der Waals surface area contributed by atoms with Gasteiger partial charge in [0.05, 0.1) is 12.7 Å². The van der Waals surface area contributed by atoms with Crippen LogP contribution in [0.1, 0.15) is 18.4 Å². The molecule has 0 saturated carbocycles. The second-order valence-electron chi connectivity index (χ2n) is 6.69. The maximum atomic E-state index is 5.93. The molecular weight excluding hydrogens is 318 g/mol. The molecule has 2 atom stereocenters. The van der Waals surface area contributed by atoms with Gasteiger partial charge in [0, 0.05) is 59.1 Å². The van der Waals surface area contributed by atoms with Crippen molar-refractivity contribution in [3.05, 3.63) is 23.9 Å². The molecular formula is C18H29N5O2. The summed E-state index contributed by atoms with van der Waals surface area (Å²) in [7, 11) is 5.85. The molecule has 0 aliphatic carbocycles. The summed E-state index contributed by atoms with van der Waals surface area (Å²) in [5.41, 5.74) is 1.15. The van der Waals surface area contributed by atoms with Crippen LogP contribution in [0.25, 0.3) is 0 Å². The predicted octanol–water partition coefficient (Wildman–Crippen LogP) is 1.10. The molecule has 2 aliphatic heterocycles. The van der Waals surface area contributed by atoms with Gasteiger partial charge in [0.25, 0.3) is 0 Å². The highest BCUT2D eigenvalue weighted by Crippen LogP contribution is 2.21. The number of guanidine groups is 1. The summed E-state index contributed by atoms with van der Waals surface area (Å²) in [4.78, 5) is 13.2.